The molecule has 0 saturated carbocycles. The van der Waals surface area contributed by atoms with Gasteiger partial charge in [-0.2, -0.15) is 0 Å². The minimum absolute atomic E-state index is 0.192. The molecule has 1 rings (SSSR count). The molecule has 0 aliphatic carbocycles. The van der Waals surface area contributed by atoms with Crippen LogP contribution in [-0.4, -0.2) is 55.0 Å². The van der Waals surface area contributed by atoms with Crippen molar-refractivity contribution < 1.29 is 17.9 Å². The molecule has 122 valence electrons. The quantitative estimate of drug-likeness (QED) is 0.586. The van der Waals surface area contributed by atoms with Crippen molar-refractivity contribution in [1.82, 2.24) is 10.0 Å². The molecule has 1 aromatic rings. The van der Waals surface area contributed by atoms with Crippen LogP contribution in [0.4, 0.5) is 0 Å². The van der Waals surface area contributed by atoms with Crippen LogP contribution >= 0.6 is 11.3 Å². The number of hydrogen-bond acceptors (Lipinski definition) is 6. The summed E-state index contributed by atoms with van der Waals surface area (Å²) in [5.41, 5.74) is 0. The number of nitrogens with one attached hydrogen (secondary N) is 2. The standard InChI is InChI=1S/C13H24N2O4S2/c1-4-14-8-7-12-5-6-13(20-12)21(16,17)15-9-11(19-3)10-18-2/h5-6,11,14-15H,4,7-10H2,1-3H3. The highest BCUT2D eigenvalue weighted by Crippen LogP contribution is 2.21. The number of sulfonamides is 1. The van der Waals surface area contributed by atoms with Crippen molar-refractivity contribution >= 4 is 21.4 Å². The Hall–Kier alpha value is -0.510. The fourth-order valence-electron chi connectivity index (χ4n) is 1.70. The van der Waals surface area contributed by atoms with Crippen molar-refractivity contribution in [3.05, 3.63) is 17.0 Å². The summed E-state index contributed by atoms with van der Waals surface area (Å²) in [6.07, 6.45) is 0.538. The molecule has 1 aromatic heterocycles. The van der Waals surface area contributed by atoms with E-state index in [1.807, 2.05) is 13.0 Å². The van der Waals surface area contributed by atoms with Gasteiger partial charge in [0.2, 0.25) is 10.0 Å². The largest absolute Gasteiger partial charge is 0.382 e. The molecule has 2 N–H and O–H groups in total. The fourth-order valence-corrected chi connectivity index (χ4v) is 4.16. The molecule has 0 spiro atoms. The molecule has 0 amide bonds. The zero-order valence-corrected chi connectivity index (χ0v) is 14.4. The van der Waals surface area contributed by atoms with E-state index >= 15 is 0 Å². The van der Waals surface area contributed by atoms with Gasteiger partial charge in [-0.3, -0.25) is 0 Å². The normalized spacial score (nSPS) is 13.5. The van der Waals surface area contributed by atoms with Crippen LogP contribution in [0, 0.1) is 0 Å². The number of rotatable bonds is 11. The van der Waals surface area contributed by atoms with Crippen LogP contribution in [0.5, 0.6) is 0 Å². The van der Waals surface area contributed by atoms with Gasteiger partial charge in [0, 0.05) is 25.6 Å². The Balaban J connectivity index is 2.57. The zero-order chi connectivity index (χ0) is 15.7. The summed E-state index contributed by atoms with van der Waals surface area (Å²) in [5.74, 6) is 0. The summed E-state index contributed by atoms with van der Waals surface area (Å²) >= 11 is 1.30. The number of methoxy groups -OCH3 is 2. The maximum atomic E-state index is 12.2. The molecule has 0 saturated heterocycles. The van der Waals surface area contributed by atoms with Crippen molar-refractivity contribution in [3.8, 4) is 0 Å². The summed E-state index contributed by atoms with van der Waals surface area (Å²) < 4.78 is 37.4. The molecule has 1 atom stereocenters. The van der Waals surface area contributed by atoms with E-state index < -0.39 is 10.0 Å². The van der Waals surface area contributed by atoms with Gasteiger partial charge in [-0.1, -0.05) is 6.92 Å². The molecule has 0 fully saturated rings. The van der Waals surface area contributed by atoms with E-state index in [1.54, 1.807) is 13.2 Å². The molecule has 1 heterocycles. The molecular weight excluding hydrogens is 312 g/mol. The Morgan fingerprint density at radius 3 is 2.71 bits per heavy atom. The summed E-state index contributed by atoms with van der Waals surface area (Å²) in [4.78, 5) is 1.05. The maximum absolute atomic E-state index is 12.2. The molecule has 21 heavy (non-hydrogen) atoms. The predicted octanol–water partition coefficient (Wildman–Crippen LogP) is 0.840. The van der Waals surface area contributed by atoms with Crippen molar-refractivity contribution in [1.29, 1.82) is 0 Å². The molecule has 0 aromatic carbocycles. The van der Waals surface area contributed by atoms with Crippen LogP contribution in [0.15, 0.2) is 16.3 Å². The highest BCUT2D eigenvalue weighted by atomic mass is 32.2. The van der Waals surface area contributed by atoms with Crippen LogP contribution in [0.1, 0.15) is 11.8 Å². The molecule has 0 bridgehead atoms. The van der Waals surface area contributed by atoms with E-state index in [0.717, 1.165) is 24.4 Å². The van der Waals surface area contributed by atoms with Gasteiger partial charge in [-0.05, 0) is 31.6 Å². The first kappa shape index (κ1) is 18.5. The van der Waals surface area contributed by atoms with E-state index in [4.69, 9.17) is 9.47 Å². The Labute approximate surface area is 130 Å². The molecule has 0 aliphatic rings. The second-order valence-corrected chi connectivity index (χ2v) is 7.65. The Kier molecular flexibility index (Phi) is 8.38. The highest BCUT2D eigenvalue weighted by molar-refractivity contribution is 7.91. The molecule has 0 aliphatic heterocycles. The average Bonchev–Trinajstić information content (AvgIpc) is 2.93. The van der Waals surface area contributed by atoms with Crippen molar-refractivity contribution in [2.45, 2.75) is 23.7 Å². The summed E-state index contributed by atoms with van der Waals surface area (Å²) in [5, 5.41) is 3.22. The first-order chi connectivity index (χ1) is 10.0. The van der Waals surface area contributed by atoms with Gasteiger partial charge in [0.25, 0.3) is 0 Å². The lowest BCUT2D eigenvalue weighted by Crippen LogP contribution is -2.35. The smallest absolute Gasteiger partial charge is 0.250 e. The van der Waals surface area contributed by atoms with Crippen LogP contribution in [0.25, 0.3) is 0 Å². The minimum Gasteiger partial charge on any atom is -0.382 e. The molecule has 6 nitrogen and oxygen atoms in total. The Bertz CT molecular complexity index is 502. The third kappa shape index (κ3) is 6.41. The van der Waals surface area contributed by atoms with E-state index in [-0.39, 0.29) is 12.6 Å². The first-order valence-corrected chi connectivity index (χ1v) is 9.14. The van der Waals surface area contributed by atoms with Crippen LogP contribution in [0.2, 0.25) is 0 Å². The number of hydrogen-bond donors (Lipinski definition) is 2. The zero-order valence-electron chi connectivity index (χ0n) is 12.7. The first-order valence-electron chi connectivity index (χ1n) is 6.84. The van der Waals surface area contributed by atoms with Crippen LogP contribution in [0.3, 0.4) is 0 Å². The lowest BCUT2D eigenvalue weighted by atomic mass is 10.3. The predicted molar refractivity (Wildman–Crippen MR) is 84.4 cm³/mol. The van der Waals surface area contributed by atoms with Gasteiger partial charge in [0.1, 0.15) is 4.21 Å². The number of likely N-dealkylation sites (N-methyl/N-ethyl adjacent to an activating group) is 1. The Morgan fingerprint density at radius 2 is 2.10 bits per heavy atom. The number of thiophene rings is 1. The minimum atomic E-state index is -3.48. The maximum Gasteiger partial charge on any atom is 0.250 e. The average molecular weight is 336 g/mol. The van der Waals surface area contributed by atoms with E-state index in [2.05, 4.69) is 10.0 Å². The van der Waals surface area contributed by atoms with Gasteiger partial charge in [-0.15, -0.1) is 11.3 Å². The van der Waals surface area contributed by atoms with Gasteiger partial charge in [0.15, 0.2) is 0 Å². The van der Waals surface area contributed by atoms with Gasteiger partial charge < -0.3 is 14.8 Å². The molecular formula is C13H24N2O4S2. The second kappa shape index (κ2) is 9.50. The van der Waals surface area contributed by atoms with Crippen molar-refractivity contribution in [2.75, 3.05) is 40.5 Å². The topological polar surface area (TPSA) is 76.7 Å². The SMILES string of the molecule is CCNCCc1ccc(S(=O)(=O)NCC(COC)OC)s1. The highest BCUT2D eigenvalue weighted by Gasteiger charge is 2.18. The lowest BCUT2D eigenvalue weighted by molar-refractivity contribution is 0.0320. The van der Waals surface area contributed by atoms with E-state index in [9.17, 15) is 8.42 Å². The molecule has 1 unspecified atom stereocenters. The van der Waals surface area contributed by atoms with Gasteiger partial charge in [-0.25, -0.2) is 13.1 Å². The van der Waals surface area contributed by atoms with E-state index in [0.29, 0.717) is 10.8 Å². The van der Waals surface area contributed by atoms with Crippen LogP contribution in [-0.2, 0) is 25.9 Å². The summed E-state index contributed by atoms with van der Waals surface area (Å²) in [7, 11) is -0.399. The summed E-state index contributed by atoms with van der Waals surface area (Å²) in [6, 6.07) is 3.51. The van der Waals surface area contributed by atoms with Gasteiger partial charge in [0.05, 0.1) is 12.7 Å². The van der Waals surface area contributed by atoms with Crippen molar-refractivity contribution in [2.24, 2.45) is 0 Å². The third-order valence-corrected chi connectivity index (χ3v) is 5.95. The second-order valence-electron chi connectivity index (χ2n) is 4.49. The van der Waals surface area contributed by atoms with E-state index in [1.165, 1.54) is 18.4 Å². The third-order valence-electron chi connectivity index (χ3n) is 2.89. The van der Waals surface area contributed by atoms with Gasteiger partial charge >= 0.3 is 0 Å². The lowest BCUT2D eigenvalue weighted by Gasteiger charge is -2.14. The molecule has 0 radical (unpaired) electrons. The molecule has 8 heteroatoms. The fraction of sp³-hybridized carbons (Fsp3) is 0.692. The monoisotopic (exact) mass is 336 g/mol. The Morgan fingerprint density at radius 1 is 1.33 bits per heavy atom. The van der Waals surface area contributed by atoms with Crippen LogP contribution < -0.4 is 10.0 Å². The van der Waals surface area contributed by atoms with Crippen molar-refractivity contribution in [3.63, 3.8) is 0 Å². The summed E-state index contributed by atoms with van der Waals surface area (Å²) in [6.45, 7) is 4.34. The number of ether oxygens (including phenoxy) is 2.